The van der Waals surface area contributed by atoms with Gasteiger partial charge in [0, 0.05) is 6.42 Å². The monoisotopic (exact) mass is 1180 g/mol. The summed E-state index contributed by atoms with van der Waals surface area (Å²) in [6, 6.07) is -0.851. The van der Waals surface area contributed by atoms with Crippen molar-refractivity contribution in [3.05, 3.63) is 97.2 Å². The highest BCUT2D eigenvalue weighted by Gasteiger charge is 2.28. The van der Waals surface area contributed by atoms with Crippen molar-refractivity contribution in [2.45, 2.75) is 328 Å². The smallest absolute Gasteiger partial charge is 0.387 e. The van der Waals surface area contributed by atoms with Gasteiger partial charge in [0.25, 0.3) is 0 Å². The van der Waals surface area contributed by atoms with Gasteiger partial charge in [-0.25, -0.2) is 4.57 Å². The third-order valence-corrected chi connectivity index (χ3v) is 16.5. The highest BCUT2D eigenvalue weighted by Crippen LogP contribution is 2.43. The molecule has 0 aliphatic rings. The van der Waals surface area contributed by atoms with Crippen LogP contribution in [0.2, 0.25) is 0 Å². The Labute approximate surface area is 515 Å². The summed E-state index contributed by atoms with van der Waals surface area (Å²) in [5, 5.41) is 14.0. The Balaban J connectivity index is 4.03. The summed E-state index contributed by atoms with van der Waals surface area (Å²) in [6.45, 7) is 4.73. The molecule has 1 amide bonds. The molecule has 0 heterocycles. The van der Waals surface area contributed by atoms with E-state index in [4.69, 9.17) is 9.05 Å². The van der Waals surface area contributed by atoms with E-state index < -0.39 is 20.0 Å². The number of carbonyl (C=O) groups is 1. The molecule has 0 saturated heterocycles. The van der Waals surface area contributed by atoms with E-state index in [0.717, 1.165) is 83.5 Å². The highest BCUT2D eigenvalue weighted by atomic mass is 31.2. The standard InChI is InChI=1S/C74H135N2O6P/c1-6-8-10-12-14-16-18-20-22-24-26-28-30-31-32-33-34-35-36-37-38-39-40-41-42-43-44-45-46-48-50-52-54-56-58-60-62-64-66-68-74(78)75-72(71-82-83(79,80)81-70-69-76(3,4)5)73(77)67-65-63-61-59-57-55-53-51-49-47-29-27-25-23-21-19-17-15-13-11-9-7-2/h8,10,14,16,20,22,26,28,31-32,34-35,37-38,65,67,72-73,77H,6-7,9,11-13,15,17-19,21,23-25,27,29-30,33,36,39-64,66,68-71H2,1-5H3,(H-,75,78,79,80)/p+1/b10-8-,16-14-,22-20-,28-26-,32-31-,35-34-,38-37-,67-65+. The molecule has 3 atom stereocenters. The predicted octanol–water partition coefficient (Wildman–Crippen LogP) is 22.5. The molecule has 3 N–H and O–H groups in total. The lowest BCUT2D eigenvalue weighted by Gasteiger charge is -2.25. The van der Waals surface area contributed by atoms with Gasteiger partial charge in [-0.05, 0) is 77.0 Å². The van der Waals surface area contributed by atoms with Gasteiger partial charge in [0.15, 0.2) is 0 Å². The van der Waals surface area contributed by atoms with Gasteiger partial charge in [-0.1, -0.05) is 329 Å². The lowest BCUT2D eigenvalue weighted by molar-refractivity contribution is -0.870. The number of amides is 1. The summed E-state index contributed by atoms with van der Waals surface area (Å²) in [6.07, 6.45) is 92.6. The van der Waals surface area contributed by atoms with E-state index in [0.29, 0.717) is 17.4 Å². The molecule has 9 heteroatoms. The summed E-state index contributed by atoms with van der Waals surface area (Å²) in [7, 11) is 1.58. The maximum atomic E-state index is 13.1. The number of allylic oxidation sites excluding steroid dienone is 15. The van der Waals surface area contributed by atoms with Crippen LogP contribution in [0.15, 0.2) is 97.2 Å². The molecule has 83 heavy (non-hydrogen) atoms. The highest BCUT2D eigenvalue weighted by molar-refractivity contribution is 7.47. The van der Waals surface area contributed by atoms with Crippen molar-refractivity contribution in [3.63, 3.8) is 0 Å². The van der Waals surface area contributed by atoms with E-state index in [1.807, 2.05) is 27.2 Å². The van der Waals surface area contributed by atoms with Gasteiger partial charge in [0.05, 0.1) is 39.9 Å². The Hall–Kier alpha value is -2.58. The van der Waals surface area contributed by atoms with Gasteiger partial charge >= 0.3 is 7.82 Å². The summed E-state index contributed by atoms with van der Waals surface area (Å²) < 4.78 is 23.8. The normalized spacial score (nSPS) is 14.3. The van der Waals surface area contributed by atoms with Crippen molar-refractivity contribution in [1.82, 2.24) is 5.32 Å². The van der Waals surface area contributed by atoms with Gasteiger partial charge in [-0.2, -0.15) is 0 Å². The number of likely N-dealkylation sites (N-methyl/N-ethyl adjacent to an activating group) is 1. The maximum Gasteiger partial charge on any atom is 0.472 e. The number of phosphoric acid groups is 1. The van der Waals surface area contributed by atoms with Gasteiger partial charge in [-0.15, -0.1) is 0 Å². The molecule has 0 saturated carbocycles. The molecular formula is C74H136N2O6P+. The van der Waals surface area contributed by atoms with Gasteiger partial charge < -0.3 is 19.8 Å². The van der Waals surface area contributed by atoms with Crippen LogP contribution < -0.4 is 5.32 Å². The molecule has 0 radical (unpaired) electrons. The molecule has 3 unspecified atom stereocenters. The van der Waals surface area contributed by atoms with Crippen LogP contribution in [0.4, 0.5) is 0 Å². The number of aliphatic hydroxyl groups is 1. The predicted molar refractivity (Wildman–Crippen MR) is 364 cm³/mol. The van der Waals surface area contributed by atoms with Gasteiger partial charge in [0.1, 0.15) is 13.2 Å². The Kier molecular flexibility index (Phi) is 61.9. The van der Waals surface area contributed by atoms with E-state index >= 15 is 0 Å². The number of hydrogen-bond donors (Lipinski definition) is 3. The minimum absolute atomic E-state index is 0.0601. The van der Waals surface area contributed by atoms with Crippen LogP contribution in [0.3, 0.4) is 0 Å². The molecule has 0 aromatic rings. The molecule has 0 aromatic carbocycles. The molecule has 0 rings (SSSR count). The zero-order chi connectivity index (χ0) is 60.5. The number of phosphoric ester groups is 1. The Morgan fingerprint density at radius 3 is 1.06 bits per heavy atom. The second kappa shape index (κ2) is 63.9. The molecule has 0 aromatic heterocycles. The molecule has 0 bridgehead atoms. The third kappa shape index (κ3) is 66.8. The first-order valence-corrected chi connectivity index (χ1v) is 36.6. The van der Waals surface area contributed by atoms with E-state index in [1.165, 1.54) is 212 Å². The van der Waals surface area contributed by atoms with Crippen LogP contribution in [0.25, 0.3) is 0 Å². The zero-order valence-electron chi connectivity index (χ0n) is 55.2. The number of rotatable bonds is 64. The summed E-state index contributed by atoms with van der Waals surface area (Å²) in [5.41, 5.74) is 0. The van der Waals surface area contributed by atoms with Crippen molar-refractivity contribution in [3.8, 4) is 0 Å². The average Bonchev–Trinajstić information content (AvgIpc) is 3.50. The fourth-order valence-corrected chi connectivity index (χ4v) is 10.9. The zero-order valence-corrected chi connectivity index (χ0v) is 56.1. The van der Waals surface area contributed by atoms with Crippen molar-refractivity contribution in [2.24, 2.45) is 0 Å². The number of carbonyl (C=O) groups excluding carboxylic acids is 1. The topological polar surface area (TPSA) is 105 Å². The Morgan fingerprint density at radius 1 is 0.422 bits per heavy atom. The van der Waals surface area contributed by atoms with Crippen LogP contribution in [0.5, 0.6) is 0 Å². The largest absolute Gasteiger partial charge is 0.472 e. The molecule has 0 spiro atoms. The van der Waals surface area contributed by atoms with Gasteiger partial charge in [-0.3, -0.25) is 13.8 Å². The van der Waals surface area contributed by atoms with E-state index in [2.05, 4.69) is 104 Å². The number of quaternary nitrogens is 1. The number of nitrogens with zero attached hydrogens (tertiary/aromatic N) is 1. The Bertz CT molecular complexity index is 1670. The summed E-state index contributed by atoms with van der Waals surface area (Å²) >= 11 is 0. The number of aliphatic hydroxyl groups excluding tert-OH is 1. The minimum atomic E-state index is -4.36. The number of hydrogen-bond acceptors (Lipinski definition) is 5. The SMILES string of the molecule is CC/C=C\C/C=C\C/C=C\C/C=C\C/C=C\C/C=C\C/C=C\CCCCCCCCCCCCCCCCCCCC(=O)NC(COP(=O)(O)OCC[N+](C)(C)C)C(O)/C=C/CCCCCCCCCCCCCCCCCCCCCC. The first-order valence-electron chi connectivity index (χ1n) is 35.1. The first-order chi connectivity index (χ1) is 40.5. The van der Waals surface area contributed by atoms with Crippen LogP contribution in [-0.4, -0.2) is 73.4 Å². The molecular weight excluding hydrogens is 1040 g/mol. The summed E-state index contributed by atoms with van der Waals surface area (Å²) in [5.74, 6) is -0.175. The minimum Gasteiger partial charge on any atom is -0.387 e. The molecule has 0 aliphatic heterocycles. The van der Waals surface area contributed by atoms with Crippen molar-refractivity contribution in [2.75, 3.05) is 40.9 Å². The van der Waals surface area contributed by atoms with E-state index in [-0.39, 0.29) is 19.1 Å². The quantitative estimate of drug-likeness (QED) is 0.0243. The van der Waals surface area contributed by atoms with Crippen molar-refractivity contribution >= 4 is 13.7 Å². The molecule has 0 fully saturated rings. The summed E-state index contributed by atoms with van der Waals surface area (Å²) in [4.78, 5) is 23.4. The van der Waals surface area contributed by atoms with Crippen LogP contribution in [-0.2, 0) is 18.4 Å². The first kappa shape index (κ1) is 80.4. The Morgan fingerprint density at radius 2 is 0.723 bits per heavy atom. The lowest BCUT2D eigenvalue weighted by atomic mass is 10.0. The second-order valence-corrected chi connectivity index (χ2v) is 26.3. The molecule has 482 valence electrons. The number of nitrogens with one attached hydrogen (secondary N) is 1. The van der Waals surface area contributed by atoms with Crippen molar-refractivity contribution in [1.29, 1.82) is 0 Å². The van der Waals surface area contributed by atoms with Crippen molar-refractivity contribution < 1.29 is 32.9 Å². The fourth-order valence-electron chi connectivity index (χ4n) is 10.1. The second-order valence-electron chi connectivity index (χ2n) is 24.9. The van der Waals surface area contributed by atoms with E-state index in [1.54, 1.807) is 6.08 Å². The maximum absolute atomic E-state index is 13.1. The fraction of sp³-hybridized carbons (Fsp3) is 0.770. The molecule has 0 aliphatic carbocycles. The van der Waals surface area contributed by atoms with Gasteiger partial charge in [0.2, 0.25) is 5.91 Å². The lowest BCUT2D eigenvalue weighted by Crippen LogP contribution is -2.45. The molecule has 8 nitrogen and oxygen atoms in total. The van der Waals surface area contributed by atoms with Crippen LogP contribution in [0, 0.1) is 0 Å². The van der Waals surface area contributed by atoms with E-state index in [9.17, 15) is 19.4 Å². The van der Waals surface area contributed by atoms with Crippen LogP contribution >= 0.6 is 7.82 Å². The third-order valence-electron chi connectivity index (χ3n) is 15.6. The number of unbranched alkanes of at least 4 members (excludes halogenated alkanes) is 37. The average molecular weight is 1180 g/mol. The van der Waals surface area contributed by atoms with Crippen LogP contribution in [0.1, 0.15) is 316 Å².